The number of aryl methyl sites for hydroxylation is 1. The maximum Gasteiger partial charge on any atom is 0.348 e. The average Bonchev–Trinajstić information content (AvgIpc) is 2.44. The molecule has 0 spiro atoms. The van der Waals surface area contributed by atoms with Crippen LogP contribution >= 0.6 is 11.3 Å². The van der Waals surface area contributed by atoms with Gasteiger partial charge in [0, 0.05) is 6.92 Å². The molecule has 0 unspecified atom stereocenters. The summed E-state index contributed by atoms with van der Waals surface area (Å²) >= 11 is 1.10. The van der Waals surface area contributed by atoms with Crippen LogP contribution in [0.3, 0.4) is 0 Å². The average molecular weight is 214 g/mol. The highest BCUT2D eigenvalue weighted by molar-refractivity contribution is 7.16. The number of carbonyl (C=O) groups excluding carboxylic acids is 2. The number of esters is 2. The van der Waals surface area contributed by atoms with Crippen molar-refractivity contribution in [2.75, 3.05) is 7.11 Å². The van der Waals surface area contributed by atoms with Crippen molar-refractivity contribution in [1.29, 1.82) is 0 Å². The number of hydrogen-bond donors (Lipinski definition) is 0. The SMILES string of the molecule is COC(=O)c1sc(OC(C)=O)cc1C. The van der Waals surface area contributed by atoms with Gasteiger partial charge >= 0.3 is 11.9 Å². The van der Waals surface area contributed by atoms with Crippen LogP contribution in [-0.4, -0.2) is 19.0 Å². The zero-order valence-electron chi connectivity index (χ0n) is 8.12. The van der Waals surface area contributed by atoms with Gasteiger partial charge in [-0.05, 0) is 18.6 Å². The van der Waals surface area contributed by atoms with Gasteiger partial charge in [-0.1, -0.05) is 11.3 Å². The third-order valence-electron chi connectivity index (χ3n) is 1.51. The van der Waals surface area contributed by atoms with E-state index < -0.39 is 11.9 Å². The van der Waals surface area contributed by atoms with E-state index in [-0.39, 0.29) is 0 Å². The molecule has 1 heterocycles. The summed E-state index contributed by atoms with van der Waals surface area (Å²) in [4.78, 5) is 22.3. The second-order valence-corrected chi connectivity index (χ2v) is 3.68. The molecule has 1 aromatic rings. The van der Waals surface area contributed by atoms with E-state index >= 15 is 0 Å². The first-order chi connectivity index (χ1) is 6.54. The molecule has 0 aliphatic carbocycles. The lowest BCUT2D eigenvalue weighted by Crippen LogP contribution is -1.99. The highest BCUT2D eigenvalue weighted by Gasteiger charge is 2.15. The van der Waals surface area contributed by atoms with E-state index in [1.54, 1.807) is 13.0 Å². The lowest BCUT2D eigenvalue weighted by molar-refractivity contribution is -0.131. The van der Waals surface area contributed by atoms with Gasteiger partial charge in [-0.3, -0.25) is 4.79 Å². The molecular weight excluding hydrogens is 204 g/mol. The first-order valence-electron chi connectivity index (χ1n) is 3.91. The quantitative estimate of drug-likeness (QED) is 0.704. The van der Waals surface area contributed by atoms with Crippen LogP contribution in [0.1, 0.15) is 22.2 Å². The molecule has 0 aliphatic rings. The van der Waals surface area contributed by atoms with E-state index in [4.69, 9.17) is 4.74 Å². The van der Waals surface area contributed by atoms with Gasteiger partial charge in [0.1, 0.15) is 4.88 Å². The van der Waals surface area contributed by atoms with Crippen molar-refractivity contribution in [2.24, 2.45) is 0 Å². The molecule has 0 bridgehead atoms. The van der Waals surface area contributed by atoms with E-state index in [1.165, 1.54) is 14.0 Å². The van der Waals surface area contributed by atoms with Gasteiger partial charge < -0.3 is 9.47 Å². The minimum Gasteiger partial charge on any atom is -0.465 e. The molecule has 0 radical (unpaired) electrons. The topological polar surface area (TPSA) is 52.6 Å². The molecule has 0 saturated heterocycles. The number of methoxy groups -OCH3 is 1. The highest BCUT2D eigenvalue weighted by Crippen LogP contribution is 2.29. The van der Waals surface area contributed by atoms with E-state index in [9.17, 15) is 9.59 Å². The van der Waals surface area contributed by atoms with Crippen molar-refractivity contribution in [1.82, 2.24) is 0 Å². The molecule has 5 heteroatoms. The summed E-state index contributed by atoms with van der Waals surface area (Å²) < 4.78 is 9.41. The molecule has 0 amide bonds. The third-order valence-corrected chi connectivity index (χ3v) is 2.61. The van der Waals surface area contributed by atoms with Crippen LogP contribution in [0.25, 0.3) is 0 Å². The smallest absolute Gasteiger partial charge is 0.348 e. The van der Waals surface area contributed by atoms with E-state index in [0.29, 0.717) is 9.94 Å². The van der Waals surface area contributed by atoms with Crippen LogP contribution in [0.15, 0.2) is 6.07 Å². The van der Waals surface area contributed by atoms with Gasteiger partial charge in [0.25, 0.3) is 0 Å². The summed E-state index contributed by atoms with van der Waals surface area (Å²) in [7, 11) is 1.31. The molecule has 0 saturated carbocycles. The predicted octanol–water partition coefficient (Wildman–Crippen LogP) is 1.77. The van der Waals surface area contributed by atoms with Crippen molar-refractivity contribution in [3.63, 3.8) is 0 Å². The molecule has 76 valence electrons. The Morgan fingerprint density at radius 2 is 2.07 bits per heavy atom. The molecule has 4 nitrogen and oxygen atoms in total. The van der Waals surface area contributed by atoms with Gasteiger partial charge in [0.15, 0.2) is 5.06 Å². The maximum atomic E-state index is 11.2. The first kappa shape index (κ1) is 10.7. The van der Waals surface area contributed by atoms with Crippen LogP contribution in [0.5, 0.6) is 5.06 Å². The first-order valence-corrected chi connectivity index (χ1v) is 4.73. The third kappa shape index (κ3) is 2.32. The predicted molar refractivity (Wildman–Crippen MR) is 51.7 cm³/mol. The second kappa shape index (κ2) is 4.23. The fourth-order valence-corrected chi connectivity index (χ4v) is 1.92. The number of ether oxygens (including phenoxy) is 2. The molecule has 0 N–H and O–H groups in total. The van der Waals surface area contributed by atoms with Gasteiger partial charge in [-0.15, -0.1) is 0 Å². The second-order valence-electron chi connectivity index (χ2n) is 2.66. The van der Waals surface area contributed by atoms with Gasteiger partial charge in [0.05, 0.1) is 7.11 Å². The Morgan fingerprint density at radius 3 is 2.57 bits per heavy atom. The molecule has 1 aromatic heterocycles. The van der Waals surface area contributed by atoms with Crippen molar-refractivity contribution in [3.8, 4) is 5.06 Å². The monoisotopic (exact) mass is 214 g/mol. The van der Waals surface area contributed by atoms with Gasteiger partial charge in [0.2, 0.25) is 0 Å². The van der Waals surface area contributed by atoms with E-state index in [0.717, 1.165) is 16.9 Å². The summed E-state index contributed by atoms with van der Waals surface area (Å²) in [6.45, 7) is 3.07. The molecule has 14 heavy (non-hydrogen) atoms. The molecule has 0 atom stereocenters. The van der Waals surface area contributed by atoms with Crippen LogP contribution in [0.4, 0.5) is 0 Å². The van der Waals surface area contributed by atoms with Crippen LogP contribution < -0.4 is 4.74 Å². The lowest BCUT2D eigenvalue weighted by Gasteiger charge is -1.95. The van der Waals surface area contributed by atoms with Crippen LogP contribution in [-0.2, 0) is 9.53 Å². The van der Waals surface area contributed by atoms with Crippen molar-refractivity contribution in [2.45, 2.75) is 13.8 Å². The Bertz CT molecular complexity index is 367. The number of hydrogen-bond acceptors (Lipinski definition) is 5. The van der Waals surface area contributed by atoms with Crippen molar-refractivity contribution < 1.29 is 19.1 Å². The van der Waals surface area contributed by atoms with Gasteiger partial charge in [-0.2, -0.15) is 0 Å². The normalized spacial score (nSPS) is 9.64. The zero-order chi connectivity index (χ0) is 10.7. The molecule has 1 rings (SSSR count). The number of rotatable bonds is 2. The van der Waals surface area contributed by atoms with Crippen molar-refractivity contribution >= 4 is 23.3 Å². The summed E-state index contributed by atoms with van der Waals surface area (Å²) in [5.74, 6) is -0.812. The van der Waals surface area contributed by atoms with Crippen molar-refractivity contribution in [3.05, 3.63) is 16.5 Å². The lowest BCUT2D eigenvalue weighted by atomic mass is 10.3. The molecular formula is C9H10O4S. The number of thiophene rings is 1. The molecule has 0 aromatic carbocycles. The minimum absolute atomic E-state index is 0.400. The summed E-state index contributed by atoms with van der Waals surface area (Å²) in [5.41, 5.74) is 0.748. The Labute approximate surface area is 85.4 Å². The molecule has 0 aliphatic heterocycles. The zero-order valence-corrected chi connectivity index (χ0v) is 8.94. The van der Waals surface area contributed by atoms with Crippen LogP contribution in [0.2, 0.25) is 0 Å². The van der Waals surface area contributed by atoms with E-state index in [1.807, 2.05) is 0 Å². The number of carbonyl (C=O) groups is 2. The fraction of sp³-hybridized carbons (Fsp3) is 0.333. The maximum absolute atomic E-state index is 11.2. The standard InChI is InChI=1S/C9H10O4S/c1-5-4-7(13-6(2)10)14-8(5)9(11)12-3/h4H,1-3H3. The summed E-state index contributed by atoms with van der Waals surface area (Å²) in [6, 6.07) is 1.64. The van der Waals surface area contributed by atoms with Gasteiger partial charge in [-0.25, -0.2) is 4.79 Å². The fourth-order valence-electron chi connectivity index (χ4n) is 0.940. The van der Waals surface area contributed by atoms with Crippen LogP contribution in [0, 0.1) is 6.92 Å². The Morgan fingerprint density at radius 1 is 1.43 bits per heavy atom. The highest BCUT2D eigenvalue weighted by atomic mass is 32.1. The summed E-state index contributed by atoms with van der Waals surface area (Å²) in [6.07, 6.45) is 0. The largest absolute Gasteiger partial charge is 0.465 e. The Kier molecular flexibility index (Phi) is 3.24. The minimum atomic E-state index is -0.411. The molecule has 0 fully saturated rings. The summed E-state index contributed by atoms with van der Waals surface area (Å²) in [5, 5.41) is 0.412. The van der Waals surface area contributed by atoms with E-state index in [2.05, 4.69) is 4.74 Å². The Hall–Kier alpha value is -1.36. The Balaban J connectivity index is 2.93.